The average molecular weight is 309 g/mol. The van der Waals surface area contributed by atoms with Crippen LogP contribution in [0.25, 0.3) is 11.1 Å². The summed E-state index contributed by atoms with van der Waals surface area (Å²) >= 11 is 6.18. The number of aromatic nitrogens is 1. The average Bonchev–Trinajstić information content (AvgIpc) is 2.92. The maximum Gasteiger partial charge on any atom is 0.175 e. The molecule has 1 unspecified atom stereocenters. The molecule has 3 nitrogen and oxygen atoms in total. The third-order valence-electron chi connectivity index (χ3n) is 4.52. The lowest BCUT2D eigenvalue weighted by molar-refractivity contribution is 0.269. The molecule has 1 heterocycles. The number of benzene rings is 1. The van der Waals surface area contributed by atoms with Crippen molar-refractivity contribution in [1.29, 1.82) is 0 Å². The van der Waals surface area contributed by atoms with E-state index in [9.17, 15) is 4.39 Å². The summed E-state index contributed by atoms with van der Waals surface area (Å²) in [6, 6.07) is 4.29. The Bertz CT molecular complexity index is 681. The summed E-state index contributed by atoms with van der Waals surface area (Å²) in [4.78, 5) is 0. The molecule has 0 aliphatic heterocycles. The summed E-state index contributed by atoms with van der Waals surface area (Å²) < 4.78 is 18.8. The summed E-state index contributed by atoms with van der Waals surface area (Å²) in [5.41, 5.74) is 7.50. The fraction of sp³-hybridized carbons (Fsp3) is 0.438. The quantitative estimate of drug-likeness (QED) is 0.848. The maximum atomic E-state index is 13.3. The van der Waals surface area contributed by atoms with Gasteiger partial charge in [0.25, 0.3) is 0 Å². The Morgan fingerprint density at radius 3 is 2.81 bits per heavy atom. The molecule has 0 amide bonds. The van der Waals surface area contributed by atoms with Gasteiger partial charge >= 0.3 is 0 Å². The standard InChI is InChI=1S/C16H18ClFN2O/c1-16(2)7-3-4-11(16)14-13(15(19)20-21-14)10-6-5-9(18)8-12(10)17/h5-6,8,11H,3-4,7H2,1-2H3,(H2,19,20). The molecule has 1 fully saturated rings. The highest BCUT2D eigenvalue weighted by Crippen LogP contribution is 2.52. The van der Waals surface area contributed by atoms with E-state index in [1.165, 1.54) is 12.1 Å². The van der Waals surface area contributed by atoms with E-state index in [0.29, 0.717) is 22.0 Å². The van der Waals surface area contributed by atoms with Crippen LogP contribution in [0.5, 0.6) is 0 Å². The number of anilines is 1. The monoisotopic (exact) mass is 308 g/mol. The zero-order valence-electron chi connectivity index (χ0n) is 12.1. The van der Waals surface area contributed by atoms with Crippen molar-refractivity contribution in [2.75, 3.05) is 5.73 Å². The van der Waals surface area contributed by atoms with E-state index in [1.54, 1.807) is 6.07 Å². The van der Waals surface area contributed by atoms with Crippen LogP contribution in [0.2, 0.25) is 5.02 Å². The van der Waals surface area contributed by atoms with Crippen molar-refractivity contribution in [3.63, 3.8) is 0 Å². The van der Waals surface area contributed by atoms with E-state index < -0.39 is 0 Å². The fourth-order valence-corrected chi connectivity index (χ4v) is 3.59. The first-order chi connectivity index (χ1) is 9.90. The Kier molecular flexibility index (Phi) is 3.44. The van der Waals surface area contributed by atoms with Crippen LogP contribution in [0.1, 0.15) is 44.8 Å². The van der Waals surface area contributed by atoms with Crippen molar-refractivity contribution in [3.05, 3.63) is 34.8 Å². The van der Waals surface area contributed by atoms with Gasteiger partial charge in [-0.3, -0.25) is 0 Å². The molecule has 1 aliphatic rings. The van der Waals surface area contributed by atoms with Crippen LogP contribution in [-0.2, 0) is 0 Å². The van der Waals surface area contributed by atoms with Gasteiger partial charge in [0.2, 0.25) is 0 Å². The Labute approximate surface area is 128 Å². The third-order valence-corrected chi connectivity index (χ3v) is 4.83. The van der Waals surface area contributed by atoms with Gasteiger partial charge in [-0.1, -0.05) is 37.0 Å². The van der Waals surface area contributed by atoms with Crippen LogP contribution in [0, 0.1) is 11.2 Å². The molecule has 21 heavy (non-hydrogen) atoms. The largest absolute Gasteiger partial charge is 0.380 e. The first-order valence-corrected chi connectivity index (χ1v) is 7.48. The van der Waals surface area contributed by atoms with Crippen LogP contribution < -0.4 is 5.73 Å². The van der Waals surface area contributed by atoms with Crippen LogP contribution in [-0.4, -0.2) is 5.16 Å². The Hall–Kier alpha value is -1.55. The van der Waals surface area contributed by atoms with E-state index in [-0.39, 0.29) is 17.2 Å². The lowest BCUT2D eigenvalue weighted by Gasteiger charge is -2.25. The van der Waals surface area contributed by atoms with Gasteiger partial charge in [0.15, 0.2) is 5.82 Å². The van der Waals surface area contributed by atoms with Crippen LogP contribution >= 0.6 is 11.6 Å². The number of hydrogen-bond donors (Lipinski definition) is 1. The summed E-state index contributed by atoms with van der Waals surface area (Å²) in [6.07, 6.45) is 3.32. The minimum absolute atomic E-state index is 0.132. The topological polar surface area (TPSA) is 52.0 Å². The maximum absolute atomic E-state index is 13.3. The molecule has 0 saturated heterocycles. The minimum Gasteiger partial charge on any atom is -0.380 e. The van der Waals surface area contributed by atoms with E-state index in [2.05, 4.69) is 19.0 Å². The molecule has 2 N–H and O–H groups in total. The first-order valence-electron chi connectivity index (χ1n) is 7.10. The number of halogens is 2. The molecule has 0 spiro atoms. The number of nitrogens with zero attached hydrogens (tertiary/aromatic N) is 1. The lowest BCUT2D eigenvalue weighted by atomic mass is 9.79. The van der Waals surface area contributed by atoms with E-state index in [4.69, 9.17) is 21.9 Å². The zero-order chi connectivity index (χ0) is 15.2. The van der Waals surface area contributed by atoms with Gasteiger partial charge in [0.05, 0.1) is 10.6 Å². The number of rotatable bonds is 2. The van der Waals surface area contributed by atoms with Crippen molar-refractivity contribution in [2.24, 2.45) is 5.41 Å². The second kappa shape index (κ2) is 5.02. The van der Waals surface area contributed by atoms with Gasteiger partial charge in [-0.15, -0.1) is 0 Å². The van der Waals surface area contributed by atoms with Crippen molar-refractivity contribution in [2.45, 2.75) is 39.0 Å². The number of nitrogens with two attached hydrogens (primary N) is 1. The van der Waals surface area contributed by atoms with Crippen molar-refractivity contribution in [3.8, 4) is 11.1 Å². The summed E-state index contributed by atoms with van der Waals surface area (Å²) in [5, 5.41) is 4.24. The molecule has 1 aromatic carbocycles. The summed E-state index contributed by atoms with van der Waals surface area (Å²) in [6.45, 7) is 4.44. The van der Waals surface area contributed by atoms with Gasteiger partial charge < -0.3 is 10.3 Å². The van der Waals surface area contributed by atoms with Gasteiger partial charge in [0.1, 0.15) is 11.6 Å². The number of hydrogen-bond acceptors (Lipinski definition) is 3. The molecule has 0 radical (unpaired) electrons. The first kappa shape index (κ1) is 14.4. The van der Waals surface area contributed by atoms with Crippen molar-refractivity contribution >= 4 is 17.4 Å². The second-order valence-corrected chi connectivity index (χ2v) is 6.77. The molecule has 1 saturated carbocycles. The predicted octanol–water partition coefficient (Wildman–Crippen LogP) is 5.01. The van der Waals surface area contributed by atoms with Crippen LogP contribution in [0.3, 0.4) is 0 Å². The third kappa shape index (κ3) is 2.42. The molecule has 3 rings (SSSR count). The minimum atomic E-state index is -0.374. The predicted molar refractivity (Wildman–Crippen MR) is 81.7 cm³/mol. The van der Waals surface area contributed by atoms with Gasteiger partial charge in [0, 0.05) is 11.5 Å². The Morgan fingerprint density at radius 1 is 1.43 bits per heavy atom. The zero-order valence-corrected chi connectivity index (χ0v) is 12.9. The van der Waals surface area contributed by atoms with Gasteiger partial charge in [-0.05, 0) is 36.5 Å². The number of nitrogen functional groups attached to an aromatic ring is 1. The molecule has 5 heteroatoms. The molecule has 1 aliphatic carbocycles. The Morgan fingerprint density at radius 2 is 2.19 bits per heavy atom. The fourth-order valence-electron chi connectivity index (χ4n) is 3.33. The molecular weight excluding hydrogens is 291 g/mol. The smallest absolute Gasteiger partial charge is 0.175 e. The highest BCUT2D eigenvalue weighted by Gasteiger charge is 2.40. The summed E-state index contributed by atoms with van der Waals surface area (Å²) in [5.74, 6) is 0.949. The van der Waals surface area contributed by atoms with Crippen LogP contribution in [0.15, 0.2) is 22.7 Å². The highest BCUT2D eigenvalue weighted by atomic mass is 35.5. The van der Waals surface area contributed by atoms with E-state index in [1.807, 2.05) is 0 Å². The normalized spacial score (nSPS) is 20.9. The van der Waals surface area contributed by atoms with Gasteiger partial charge in [-0.25, -0.2) is 4.39 Å². The summed E-state index contributed by atoms with van der Waals surface area (Å²) in [7, 11) is 0. The van der Waals surface area contributed by atoms with Gasteiger partial charge in [-0.2, -0.15) is 0 Å². The lowest BCUT2D eigenvalue weighted by Crippen LogP contribution is -2.15. The molecular formula is C16H18ClFN2O. The molecule has 1 atom stereocenters. The Balaban J connectivity index is 2.13. The molecule has 112 valence electrons. The van der Waals surface area contributed by atoms with Crippen LogP contribution in [0.4, 0.5) is 10.2 Å². The van der Waals surface area contributed by atoms with E-state index in [0.717, 1.165) is 25.0 Å². The van der Waals surface area contributed by atoms with E-state index >= 15 is 0 Å². The highest BCUT2D eigenvalue weighted by molar-refractivity contribution is 6.33. The molecule has 0 bridgehead atoms. The molecule has 2 aromatic rings. The SMILES string of the molecule is CC1(C)CCCC1c1onc(N)c1-c1ccc(F)cc1Cl. The van der Waals surface area contributed by atoms with Crippen molar-refractivity contribution < 1.29 is 8.91 Å². The van der Waals surface area contributed by atoms with Crippen molar-refractivity contribution in [1.82, 2.24) is 5.16 Å². The molecule has 1 aromatic heterocycles. The second-order valence-electron chi connectivity index (χ2n) is 6.36.